The molecule has 0 aliphatic carbocycles. The largest absolute Gasteiger partial charge is 0.293 e. The number of nitrogens with zero attached hydrogens (tertiary/aromatic N) is 1. The Morgan fingerprint density at radius 2 is 2.33 bits per heavy atom. The molecule has 1 aromatic heterocycles. The van der Waals surface area contributed by atoms with Crippen molar-refractivity contribution in [3.8, 4) is 0 Å². The Balaban J connectivity index is 2.75. The van der Waals surface area contributed by atoms with Gasteiger partial charge in [-0.25, -0.2) is 0 Å². The Bertz CT molecular complexity index is 268. The van der Waals surface area contributed by atoms with Gasteiger partial charge in [0.05, 0.1) is 5.75 Å². The van der Waals surface area contributed by atoms with Gasteiger partial charge in [0, 0.05) is 17.5 Å². The van der Waals surface area contributed by atoms with E-state index in [4.69, 9.17) is 0 Å². The number of Topliss-reactive ketones (excluding diaryl/α,β-unsaturated/α-hetero) is 1. The van der Waals surface area contributed by atoms with Crippen LogP contribution in [-0.2, 0) is 0 Å². The molecular formula is C9H11NOS. The first-order valence-corrected chi connectivity index (χ1v) is 5.08. The van der Waals surface area contributed by atoms with E-state index in [9.17, 15) is 4.79 Å². The third kappa shape index (κ3) is 2.34. The SMILES string of the molecule is CSCC(=O)c1ccc(C)nc1. The molecule has 0 bridgehead atoms. The monoisotopic (exact) mass is 181 g/mol. The molecular weight excluding hydrogens is 170 g/mol. The maximum absolute atomic E-state index is 11.3. The minimum absolute atomic E-state index is 0.148. The Labute approximate surface area is 76.4 Å². The predicted molar refractivity (Wildman–Crippen MR) is 51.7 cm³/mol. The van der Waals surface area contributed by atoms with Crippen molar-refractivity contribution in [2.75, 3.05) is 12.0 Å². The quantitative estimate of drug-likeness (QED) is 0.667. The van der Waals surface area contributed by atoms with E-state index in [1.165, 1.54) is 11.8 Å². The Morgan fingerprint density at radius 3 is 2.83 bits per heavy atom. The van der Waals surface area contributed by atoms with Crippen molar-refractivity contribution < 1.29 is 4.79 Å². The van der Waals surface area contributed by atoms with Crippen LogP contribution in [-0.4, -0.2) is 22.8 Å². The van der Waals surface area contributed by atoms with Gasteiger partial charge in [0.15, 0.2) is 5.78 Å². The highest BCUT2D eigenvalue weighted by Crippen LogP contribution is 2.04. The molecule has 0 fully saturated rings. The number of thioether (sulfide) groups is 1. The van der Waals surface area contributed by atoms with Crippen LogP contribution in [0.25, 0.3) is 0 Å². The van der Waals surface area contributed by atoms with Crippen LogP contribution < -0.4 is 0 Å². The molecule has 12 heavy (non-hydrogen) atoms. The second-order valence-electron chi connectivity index (χ2n) is 2.54. The number of aryl methyl sites for hydroxylation is 1. The van der Waals surface area contributed by atoms with E-state index in [1.54, 1.807) is 6.20 Å². The van der Waals surface area contributed by atoms with Crippen molar-refractivity contribution in [3.05, 3.63) is 29.6 Å². The smallest absolute Gasteiger partial charge is 0.174 e. The fourth-order valence-corrected chi connectivity index (χ4v) is 1.28. The molecule has 1 rings (SSSR count). The summed E-state index contributed by atoms with van der Waals surface area (Å²) < 4.78 is 0. The van der Waals surface area contributed by atoms with Crippen LogP contribution in [0.4, 0.5) is 0 Å². The van der Waals surface area contributed by atoms with Crippen molar-refractivity contribution in [1.29, 1.82) is 0 Å². The third-order valence-corrected chi connectivity index (χ3v) is 2.06. The molecule has 0 saturated carbocycles. The van der Waals surface area contributed by atoms with Crippen LogP contribution in [0.3, 0.4) is 0 Å². The summed E-state index contributed by atoms with van der Waals surface area (Å²) >= 11 is 1.53. The summed E-state index contributed by atoms with van der Waals surface area (Å²) in [5.41, 5.74) is 1.64. The van der Waals surface area contributed by atoms with E-state index in [1.807, 2.05) is 25.3 Å². The molecule has 3 heteroatoms. The van der Waals surface area contributed by atoms with Crippen molar-refractivity contribution in [2.24, 2.45) is 0 Å². The van der Waals surface area contributed by atoms with E-state index in [2.05, 4.69) is 4.98 Å². The van der Waals surface area contributed by atoms with Gasteiger partial charge in [0.25, 0.3) is 0 Å². The lowest BCUT2D eigenvalue weighted by molar-refractivity contribution is 0.102. The van der Waals surface area contributed by atoms with Crippen LogP contribution in [0.15, 0.2) is 18.3 Å². The van der Waals surface area contributed by atoms with Crippen LogP contribution in [0, 0.1) is 6.92 Å². The second-order valence-corrected chi connectivity index (χ2v) is 3.41. The lowest BCUT2D eigenvalue weighted by atomic mass is 10.2. The number of pyridine rings is 1. The molecule has 0 aliphatic heterocycles. The normalized spacial score (nSPS) is 9.83. The maximum Gasteiger partial charge on any atom is 0.174 e. The van der Waals surface area contributed by atoms with Gasteiger partial charge in [-0.15, -0.1) is 0 Å². The molecule has 0 saturated heterocycles. The van der Waals surface area contributed by atoms with Crippen molar-refractivity contribution in [1.82, 2.24) is 4.98 Å². The van der Waals surface area contributed by atoms with Gasteiger partial charge in [-0.05, 0) is 25.3 Å². The zero-order valence-corrected chi connectivity index (χ0v) is 8.02. The first-order chi connectivity index (χ1) is 5.74. The van der Waals surface area contributed by atoms with Gasteiger partial charge in [-0.1, -0.05) is 0 Å². The third-order valence-electron chi connectivity index (χ3n) is 1.51. The molecule has 0 N–H and O–H groups in total. The zero-order chi connectivity index (χ0) is 8.97. The van der Waals surface area contributed by atoms with Crippen LogP contribution in [0.1, 0.15) is 16.1 Å². The molecule has 1 aromatic rings. The fourth-order valence-electron chi connectivity index (χ4n) is 0.847. The molecule has 0 unspecified atom stereocenters. The molecule has 0 aliphatic rings. The van der Waals surface area contributed by atoms with E-state index >= 15 is 0 Å². The lowest BCUT2D eigenvalue weighted by Crippen LogP contribution is -2.02. The van der Waals surface area contributed by atoms with Crippen molar-refractivity contribution in [3.63, 3.8) is 0 Å². The van der Waals surface area contributed by atoms with E-state index in [0.717, 1.165) is 5.69 Å². The van der Waals surface area contributed by atoms with Crippen LogP contribution >= 0.6 is 11.8 Å². The second kappa shape index (κ2) is 4.26. The van der Waals surface area contributed by atoms with Gasteiger partial charge in [0.1, 0.15) is 0 Å². The molecule has 0 aromatic carbocycles. The first-order valence-electron chi connectivity index (χ1n) is 3.69. The van der Waals surface area contributed by atoms with Crippen molar-refractivity contribution in [2.45, 2.75) is 6.92 Å². The summed E-state index contributed by atoms with van der Waals surface area (Å²) in [6.07, 6.45) is 3.55. The standard InChI is InChI=1S/C9H11NOS/c1-7-3-4-8(5-10-7)9(11)6-12-2/h3-5H,6H2,1-2H3. The minimum Gasteiger partial charge on any atom is -0.293 e. The molecule has 0 radical (unpaired) electrons. The molecule has 64 valence electrons. The molecule has 0 atom stereocenters. The summed E-state index contributed by atoms with van der Waals surface area (Å²) in [6.45, 7) is 1.91. The number of carbonyl (C=O) groups excluding carboxylic acids is 1. The van der Waals surface area contributed by atoms with Crippen LogP contribution in [0.5, 0.6) is 0 Å². The van der Waals surface area contributed by atoms with Gasteiger partial charge in [-0.2, -0.15) is 11.8 Å². The fraction of sp³-hybridized carbons (Fsp3) is 0.333. The number of ketones is 1. The molecule has 2 nitrogen and oxygen atoms in total. The average molecular weight is 181 g/mol. The minimum atomic E-state index is 0.148. The van der Waals surface area contributed by atoms with Gasteiger partial charge in [0.2, 0.25) is 0 Å². The van der Waals surface area contributed by atoms with Crippen LogP contribution in [0.2, 0.25) is 0 Å². The Hall–Kier alpha value is -0.830. The highest BCUT2D eigenvalue weighted by atomic mass is 32.2. The summed E-state index contributed by atoms with van der Waals surface area (Å²) in [5.74, 6) is 0.681. The van der Waals surface area contributed by atoms with E-state index < -0.39 is 0 Å². The van der Waals surface area contributed by atoms with Gasteiger partial charge >= 0.3 is 0 Å². The number of aromatic nitrogens is 1. The molecule has 0 amide bonds. The number of rotatable bonds is 3. The van der Waals surface area contributed by atoms with Gasteiger partial charge in [-0.3, -0.25) is 9.78 Å². The number of hydrogen-bond acceptors (Lipinski definition) is 3. The average Bonchev–Trinajstić information content (AvgIpc) is 2.06. The number of hydrogen-bond donors (Lipinski definition) is 0. The zero-order valence-electron chi connectivity index (χ0n) is 7.20. The van der Waals surface area contributed by atoms with Gasteiger partial charge < -0.3 is 0 Å². The lowest BCUT2D eigenvalue weighted by Gasteiger charge is -1.97. The summed E-state index contributed by atoms with van der Waals surface area (Å²) in [7, 11) is 0. The topological polar surface area (TPSA) is 30.0 Å². The summed E-state index contributed by atoms with van der Waals surface area (Å²) in [4.78, 5) is 15.3. The summed E-state index contributed by atoms with van der Waals surface area (Å²) in [6, 6.07) is 3.68. The van der Waals surface area contributed by atoms with E-state index in [0.29, 0.717) is 11.3 Å². The van der Waals surface area contributed by atoms with Crippen molar-refractivity contribution >= 4 is 17.5 Å². The molecule has 1 heterocycles. The highest BCUT2D eigenvalue weighted by molar-refractivity contribution is 7.99. The van der Waals surface area contributed by atoms with E-state index in [-0.39, 0.29) is 5.78 Å². The Kier molecular flexibility index (Phi) is 3.29. The summed E-state index contributed by atoms with van der Waals surface area (Å²) in [5, 5.41) is 0. The maximum atomic E-state index is 11.3. The number of carbonyl (C=O) groups is 1. The Morgan fingerprint density at radius 1 is 1.58 bits per heavy atom. The first kappa shape index (κ1) is 9.26. The highest BCUT2D eigenvalue weighted by Gasteiger charge is 2.03. The predicted octanol–water partition coefficient (Wildman–Crippen LogP) is 1.94. The molecule has 0 spiro atoms.